The number of benzene rings is 3. The number of carbonyl (C=O) groups is 4. The van der Waals surface area contributed by atoms with Crippen LogP contribution in [0.25, 0.3) is 0 Å². The van der Waals surface area contributed by atoms with Crippen LogP contribution in [0, 0.1) is 25.6 Å². The number of aromatic amines is 1. The number of ether oxygens (including phenoxy) is 1. The van der Waals surface area contributed by atoms with Crippen LogP contribution in [0.3, 0.4) is 0 Å². The molecule has 0 saturated carbocycles. The lowest BCUT2D eigenvalue weighted by Crippen LogP contribution is -2.53. The van der Waals surface area contributed by atoms with Crippen LogP contribution in [-0.2, 0) is 28.9 Å². The normalized spacial score (nSPS) is 12.4. The number of nitrogens with one attached hydrogen (secondary N) is 5. The van der Waals surface area contributed by atoms with Gasteiger partial charge < -0.3 is 35.5 Å². The molecule has 0 saturated heterocycles. The summed E-state index contributed by atoms with van der Waals surface area (Å²) in [6.45, 7) is 7.58. The van der Waals surface area contributed by atoms with Gasteiger partial charge in [-0.15, -0.1) is 0 Å². The van der Waals surface area contributed by atoms with Gasteiger partial charge in [-0.3, -0.25) is 28.5 Å². The maximum Gasteiger partial charge on any atom is 0.416 e. The molecule has 0 bridgehead atoms. The summed E-state index contributed by atoms with van der Waals surface area (Å²) < 4.78 is 65.8. The minimum atomic E-state index is -4.72. The molecule has 0 unspecified atom stereocenters. The lowest BCUT2D eigenvalue weighted by Gasteiger charge is -2.24. The zero-order valence-corrected chi connectivity index (χ0v) is 32.2. The van der Waals surface area contributed by atoms with E-state index in [2.05, 4.69) is 31.4 Å². The Bertz CT molecular complexity index is 2470. The van der Waals surface area contributed by atoms with E-state index in [1.54, 1.807) is 27.7 Å². The highest BCUT2D eigenvalue weighted by molar-refractivity contribution is 6.07. The summed E-state index contributed by atoms with van der Waals surface area (Å²) in [5, 5.41) is 14.2. The molecule has 5 aromatic rings. The first-order valence-electron chi connectivity index (χ1n) is 18.0. The molecule has 15 nitrogen and oxygen atoms in total. The van der Waals surface area contributed by atoms with Gasteiger partial charge in [0.2, 0.25) is 17.6 Å². The number of H-pyrrole nitrogens is 1. The van der Waals surface area contributed by atoms with Crippen molar-refractivity contribution in [1.29, 1.82) is 0 Å². The van der Waals surface area contributed by atoms with Gasteiger partial charge in [-0.25, -0.2) is 4.79 Å². The molecular weight excluding hydrogens is 782 g/mol. The first-order valence-corrected chi connectivity index (χ1v) is 18.0. The quantitative estimate of drug-likeness (QED) is 0.0947. The van der Waals surface area contributed by atoms with Crippen molar-refractivity contribution in [2.45, 2.75) is 66.0 Å². The van der Waals surface area contributed by atoms with Gasteiger partial charge in [-0.1, -0.05) is 37.2 Å². The smallest absolute Gasteiger partial charge is 0.416 e. The first-order chi connectivity index (χ1) is 27.8. The van der Waals surface area contributed by atoms with Crippen LogP contribution in [0.4, 0.5) is 28.9 Å². The van der Waals surface area contributed by atoms with Crippen LogP contribution >= 0.6 is 0 Å². The Hall–Kier alpha value is -7.05. The third-order valence-corrected chi connectivity index (χ3v) is 9.06. The number of amides is 4. The van der Waals surface area contributed by atoms with Gasteiger partial charge in [0.25, 0.3) is 17.4 Å². The first kappa shape index (κ1) is 43.1. The molecule has 59 heavy (non-hydrogen) atoms. The molecule has 0 aliphatic heterocycles. The van der Waals surface area contributed by atoms with Crippen molar-refractivity contribution in [3.05, 3.63) is 139 Å². The second kappa shape index (κ2) is 18.0. The Labute approximate surface area is 333 Å². The van der Waals surface area contributed by atoms with E-state index >= 15 is 0 Å². The molecule has 0 radical (unpaired) electrons. The number of aryl methyl sites for hydroxylation is 2. The number of hydrogen-bond acceptors (Lipinski definition) is 9. The maximum atomic E-state index is 13.6. The highest BCUT2D eigenvalue weighted by Gasteiger charge is 2.32. The van der Waals surface area contributed by atoms with Gasteiger partial charge in [0.1, 0.15) is 30.2 Å². The Balaban J connectivity index is 1.21. The Morgan fingerprint density at radius 3 is 2.24 bits per heavy atom. The molecule has 2 heterocycles. The molecule has 0 spiro atoms. The van der Waals surface area contributed by atoms with E-state index in [1.165, 1.54) is 55.5 Å². The second-order valence-electron chi connectivity index (χ2n) is 13.8. The largest absolute Gasteiger partial charge is 0.488 e. The molecule has 5 N–H and O–H groups in total. The van der Waals surface area contributed by atoms with Gasteiger partial charge >= 0.3 is 11.9 Å². The van der Waals surface area contributed by atoms with E-state index in [9.17, 15) is 46.3 Å². The van der Waals surface area contributed by atoms with E-state index in [0.29, 0.717) is 45.1 Å². The second-order valence-corrected chi connectivity index (χ2v) is 13.8. The van der Waals surface area contributed by atoms with Crippen molar-refractivity contribution in [2.24, 2.45) is 5.92 Å². The fourth-order valence-corrected chi connectivity index (χ4v) is 5.68. The van der Waals surface area contributed by atoms with Crippen LogP contribution in [0.1, 0.15) is 69.6 Å². The maximum absolute atomic E-state index is 13.6. The Kier molecular flexibility index (Phi) is 13.2. The van der Waals surface area contributed by atoms with Crippen LogP contribution in [0.5, 0.6) is 5.75 Å². The minimum Gasteiger partial charge on any atom is -0.488 e. The van der Waals surface area contributed by atoms with Crippen molar-refractivity contribution >= 4 is 35.0 Å². The molecule has 2 atom stereocenters. The van der Waals surface area contributed by atoms with Gasteiger partial charge in [-0.05, 0) is 80.8 Å². The molecule has 5 rings (SSSR count). The number of halogens is 4. The predicted molar refractivity (Wildman–Crippen MR) is 205 cm³/mol. The molecule has 4 amide bonds. The van der Waals surface area contributed by atoms with Gasteiger partial charge in [0, 0.05) is 23.1 Å². The monoisotopic (exact) mass is 821 g/mol. The topological polar surface area (TPSA) is 207 Å². The third kappa shape index (κ3) is 10.7. The van der Waals surface area contributed by atoms with Crippen LogP contribution < -0.4 is 37.3 Å². The average Bonchev–Trinajstić information content (AvgIpc) is 3.51. The molecule has 19 heteroatoms. The van der Waals surface area contributed by atoms with E-state index in [4.69, 9.17) is 9.26 Å². The van der Waals surface area contributed by atoms with E-state index in [-0.39, 0.29) is 35.7 Å². The standard InChI is InChI=1S/C40H39F4N7O8/c1-20(2)33(37(55)46-22(4)34(52)47-27-12-9-24(10-13-27)18-51-38(56)31(41)17-45-39(51)57)49-35(53)25-7-6-8-28(15-25)48-36(54)29-14-11-26(40(42,43)44)16-32(29)58-19-30-21(3)50-59-23(30)5/h6-17,20,22,33H,18-19H2,1-5H3,(H,45,57)(H,46,55)(H,47,52)(H,48,54)(H,49,53)/t22-,33-/m0/s1. The lowest BCUT2D eigenvalue weighted by molar-refractivity contribution is -0.137. The number of alkyl halides is 3. The molecular formula is C40H39F4N7O8. The van der Waals surface area contributed by atoms with Crippen LogP contribution in [0.15, 0.2) is 87.0 Å². The summed E-state index contributed by atoms with van der Waals surface area (Å²) in [6, 6.07) is 11.9. The highest BCUT2D eigenvalue weighted by Crippen LogP contribution is 2.34. The zero-order valence-electron chi connectivity index (χ0n) is 32.2. The van der Waals surface area contributed by atoms with E-state index in [0.717, 1.165) is 12.1 Å². The van der Waals surface area contributed by atoms with Crippen molar-refractivity contribution < 1.29 is 46.0 Å². The molecule has 0 aliphatic rings. The molecule has 2 aromatic heterocycles. The number of aromatic nitrogens is 3. The van der Waals surface area contributed by atoms with Gasteiger partial charge in [-0.2, -0.15) is 17.6 Å². The van der Waals surface area contributed by atoms with Crippen molar-refractivity contribution in [2.75, 3.05) is 10.6 Å². The summed E-state index contributed by atoms with van der Waals surface area (Å²) >= 11 is 0. The molecule has 0 fully saturated rings. The summed E-state index contributed by atoms with van der Waals surface area (Å²) in [7, 11) is 0. The number of hydrogen-bond donors (Lipinski definition) is 5. The summed E-state index contributed by atoms with van der Waals surface area (Å²) in [5.74, 6) is -4.33. The van der Waals surface area contributed by atoms with E-state index < -0.39 is 70.4 Å². The Morgan fingerprint density at radius 2 is 1.59 bits per heavy atom. The average molecular weight is 822 g/mol. The third-order valence-electron chi connectivity index (χ3n) is 9.06. The zero-order chi connectivity index (χ0) is 43.2. The van der Waals surface area contributed by atoms with Gasteiger partial charge in [0.05, 0.1) is 28.9 Å². The van der Waals surface area contributed by atoms with Crippen molar-refractivity contribution in [1.82, 2.24) is 25.3 Å². The number of carbonyl (C=O) groups excluding carboxylic acids is 4. The summed E-state index contributed by atoms with van der Waals surface area (Å²) in [4.78, 5) is 79.2. The van der Waals surface area contributed by atoms with Gasteiger partial charge in [0.15, 0.2) is 0 Å². The fraction of sp³-hybridized carbons (Fsp3) is 0.275. The minimum absolute atomic E-state index is 0.0321. The SMILES string of the molecule is Cc1noc(C)c1COc1cc(C(F)(F)F)ccc1C(=O)Nc1cccc(C(=O)N[C@H](C(=O)N[C@@H](C)C(=O)Nc2ccc(Cn3c(=O)[nH]cc(F)c3=O)cc2)C(C)C)c1. The number of nitrogens with zero attached hydrogens (tertiary/aromatic N) is 2. The van der Waals surface area contributed by atoms with E-state index in [1.807, 2.05) is 0 Å². The molecule has 0 aliphatic carbocycles. The fourth-order valence-electron chi connectivity index (χ4n) is 5.68. The van der Waals surface area contributed by atoms with Crippen LogP contribution in [-0.4, -0.2) is 50.4 Å². The summed E-state index contributed by atoms with van der Waals surface area (Å²) in [5.41, 5.74) is -1.24. The highest BCUT2D eigenvalue weighted by atomic mass is 19.4. The number of anilines is 2. The van der Waals surface area contributed by atoms with Crippen molar-refractivity contribution in [3.63, 3.8) is 0 Å². The summed E-state index contributed by atoms with van der Waals surface area (Å²) in [6.07, 6.45) is -4.04. The number of rotatable bonds is 14. The van der Waals surface area contributed by atoms with Crippen molar-refractivity contribution in [3.8, 4) is 5.75 Å². The van der Waals surface area contributed by atoms with Crippen LogP contribution in [0.2, 0.25) is 0 Å². The molecule has 3 aromatic carbocycles. The Morgan fingerprint density at radius 1 is 0.881 bits per heavy atom. The molecule has 310 valence electrons. The predicted octanol–water partition coefficient (Wildman–Crippen LogP) is 5.08. The lowest BCUT2D eigenvalue weighted by atomic mass is 10.0.